The topological polar surface area (TPSA) is 66.2 Å². The molecule has 0 unspecified atom stereocenters. The van der Waals surface area contributed by atoms with Gasteiger partial charge in [0.1, 0.15) is 18.4 Å². The molecule has 0 saturated carbocycles. The molecule has 0 aliphatic rings. The average Bonchev–Trinajstić information content (AvgIpc) is 3.18. The van der Waals surface area contributed by atoms with E-state index in [2.05, 4.69) is 21.7 Å². The van der Waals surface area contributed by atoms with Crippen molar-refractivity contribution in [1.29, 1.82) is 0 Å². The number of carbonyl (C=O) groups is 1. The second-order valence-electron chi connectivity index (χ2n) is 8.77. The summed E-state index contributed by atoms with van der Waals surface area (Å²) in [5.41, 5.74) is 3.26. The van der Waals surface area contributed by atoms with Crippen molar-refractivity contribution in [3.05, 3.63) is 124 Å². The lowest BCUT2D eigenvalue weighted by Crippen LogP contribution is -2.41. The van der Waals surface area contributed by atoms with E-state index in [1.54, 1.807) is 12.1 Å². The van der Waals surface area contributed by atoms with E-state index in [-0.39, 0.29) is 6.61 Å². The van der Waals surface area contributed by atoms with Crippen molar-refractivity contribution < 1.29 is 19.2 Å². The second kappa shape index (κ2) is 10.1. The number of aliphatic hydroxyl groups is 1. The van der Waals surface area contributed by atoms with Gasteiger partial charge in [-0.05, 0) is 30.5 Å². The molecule has 1 aromatic heterocycles. The Hall–Kier alpha value is -3.70. The van der Waals surface area contributed by atoms with Crippen LogP contribution in [-0.2, 0) is 28.1 Å². The van der Waals surface area contributed by atoms with Crippen molar-refractivity contribution in [3.8, 4) is 0 Å². The number of carbonyl (C=O) groups excluding carboxylic acids is 1. The van der Waals surface area contributed by atoms with E-state index in [9.17, 15) is 9.90 Å². The standard InChI is InChI=1S/C29H30N2O3/c1-21-9-7-13-25(17-21)29(33,26-14-8-10-22(2)18-26)28(32)34-16-15-27-19-30-23(3)31(27)20-24-11-5-4-6-12-24/h4-14,17-19,33H,15-16,20H2,1-3H3/p+1. The van der Waals surface area contributed by atoms with Gasteiger partial charge in [-0.2, -0.15) is 0 Å². The third-order valence-corrected chi connectivity index (χ3v) is 6.14. The molecule has 0 fully saturated rings. The second-order valence-corrected chi connectivity index (χ2v) is 8.77. The number of aromatic nitrogens is 2. The van der Waals surface area contributed by atoms with E-state index < -0.39 is 11.6 Å². The van der Waals surface area contributed by atoms with Gasteiger partial charge in [0.05, 0.1) is 6.61 Å². The van der Waals surface area contributed by atoms with Gasteiger partial charge >= 0.3 is 5.97 Å². The summed E-state index contributed by atoms with van der Waals surface area (Å²) >= 11 is 0. The van der Waals surface area contributed by atoms with E-state index >= 15 is 0 Å². The van der Waals surface area contributed by atoms with Crippen molar-refractivity contribution in [3.63, 3.8) is 0 Å². The lowest BCUT2D eigenvalue weighted by atomic mass is 9.85. The number of H-pyrrole nitrogens is 1. The maximum absolute atomic E-state index is 13.4. The highest BCUT2D eigenvalue weighted by molar-refractivity contribution is 5.85. The number of ether oxygens (including phenoxy) is 1. The van der Waals surface area contributed by atoms with Gasteiger partial charge in [-0.1, -0.05) is 90.0 Å². The van der Waals surface area contributed by atoms with E-state index in [4.69, 9.17) is 4.74 Å². The van der Waals surface area contributed by atoms with Crippen molar-refractivity contribution in [1.82, 2.24) is 4.98 Å². The number of imidazole rings is 1. The van der Waals surface area contributed by atoms with E-state index in [0.717, 1.165) is 29.2 Å². The first kappa shape index (κ1) is 23.5. The van der Waals surface area contributed by atoms with Crippen LogP contribution in [0.15, 0.2) is 85.1 Å². The fourth-order valence-corrected chi connectivity index (χ4v) is 4.25. The predicted octanol–water partition coefficient (Wildman–Crippen LogP) is 4.30. The molecule has 4 rings (SSSR count). The molecule has 2 N–H and O–H groups in total. The number of hydrogen-bond donors (Lipinski definition) is 2. The van der Waals surface area contributed by atoms with Crippen molar-refractivity contribution in [2.75, 3.05) is 6.61 Å². The van der Waals surface area contributed by atoms with Gasteiger partial charge < -0.3 is 9.84 Å². The molecule has 0 aliphatic heterocycles. The molecule has 0 amide bonds. The molecule has 4 aromatic rings. The number of aryl methyl sites for hydroxylation is 3. The molecule has 0 atom stereocenters. The molecular weight excluding hydrogens is 424 g/mol. The Morgan fingerprint density at radius 1 is 0.912 bits per heavy atom. The first-order chi connectivity index (χ1) is 16.4. The third kappa shape index (κ3) is 4.95. The Labute approximate surface area is 200 Å². The zero-order chi connectivity index (χ0) is 24.1. The third-order valence-electron chi connectivity index (χ3n) is 6.14. The van der Waals surface area contributed by atoms with Crippen LogP contribution in [0.2, 0.25) is 0 Å². The quantitative estimate of drug-likeness (QED) is 0.308. The lowest BCUT2D eigenvalue weighted by Gasteiger charge is -2.27. The van der Waals surface area contributed by atoms with Gasteiger partial charge in [-0.25, -0.2) is 14.3 Å². The summed E-state index contributed by atoms with van der Waals surface area (Å²) in [5.74, 6) is 0.353. The van der Waals surface area contributed by atoms with E-state index in [1.165, 1.54) is 5.56 Å². The largest absolute Gasteiger partial charge is 0.463 e. The molecule has 174 valence electrons. The highest BCUT2D eigenvalue weighted by Crippen LogP contribution is 2.32. The van der Waals surface area contributed by atoms with Gasteiger partial charge in [0.15, 0.2) is 0 Å². The summed E-state index contributed by atoms with van der Waals surface area (Å²) in [7, 11) is 0. The Balaban J connectivity index is 1.54. The summed E-state index contributed by atoms with van der Waals surface area (Å²) in [6.45, 7) is 6.78. The minimum Gasteiger partial charge on any atom is -0.463 e. The zero-order valence-electron chi connectivity index (χ0n) is 19.9. The van der Waals surface area contributed by atoms with Crippen LogP contribution >= 0.6 is 0 Å². The van der Waals surface area contributed by atoms with Crippen molar-refractivity contribution >= 4 is 5.97 Å². The monoisotopic (exact) mass is 455 g/mol. The van der Waals surface area contributed by atoms with Gasteiger partial charge in [0, 0.05) is 13.3 Å². The van der Waals surface area contributed by atoms with Gasteiger partial charge in [-0.3, -0.25) is 0 Å². The predicted molar refractivity (Wildman–Crippen MR) is 131 cm³/mol. The number of hydrogen-bond acceptors (Lipinski definition) is 3. The van der Waals surface area contributed by atoms with Crippen molar-refractivity contribution in [2.24, 2.45) is 0 Å². The highest BCUT2D eigenvalue weighted by Gasteiger charge is 2.42. The van der Waals surface area contributed by atoms with Crippen LogP contribution in [0.3, 0.4) is 0 Å². The summed E-state index contributed by atoms with van der Waals surface area (Å²) in [6.07, 6.45) is 2.47. The van der Waals surface area contributed by atoms with Crippen molar-refractivity contribution in [2.45, 2.75) is 39.3 Å². The van der Waals surface area contributed by atoms with E-state index in [0.29, 0.717) is 17.5 Å². The number of nitrogens with zero attached hydrogens (tertiary/aromatic N) is 1. The molecule has 1 heterocycles. The van der Waals surface area contributed by atoms with Crippen LogP contribution in [0.25, 0.3) is 0 Å². The number of aromatic amines is 1. The minimum absolute atomic E-state index is 0.158. The number of nitrogens with one attached hydrogen (secondary N) is 1. The molecule has 0 spiro atoms. The smallest absolute Gasteiger partial charge is 0.347 e. The van der Waals surface area contributed by atoms with Crippen LogP contribution in [0.4, 0.5) is 0 Å². The normalized spacial score (nSPS) is 11.4. The van der Waals surface area contributed by atoms with Crippen LogP contribution in [0.1, 0.15) is 39.3 Å². The SMILES string of the molecule is Cc1cccc(C(O)(C(=O)OCCc2c[nH]c(C)[n+]2Cc2ccccc2)c2cccc(C)c2)c1. The lowest BCUT2D eigenvalue weighted by molar-refractivity contribution is -0.700. The fourth-order valence-electron chi connectivity index (χ4n) is 4.25. The van der Waals surface area contributed by atoms with Crippen LogP contribution in [0, 0.1) is 20.8 Å². The molecule has 0 radical (unpaired) electrons. The summed E-state index contributed by atoms with van der Waals surface area (Å²) in [4.78, 5) is 16.6. The Morgan fingerprint density at radius 3 is 2.12 bits per heavy atom. The molecule has 0 aliphatic carbocycles. The van der Waals surface area contributed by atoms with Crippen LogP contribution < -0.4 is 4.57 Å². The minimum atomic E-state index is -1.88. The zero-order valence-corrected chi connectivity index (χ0v) is 19.9. The van der Waals surface area contributed by atoms with E-state index in [1.807, 2.05) is 81.6 Å². The summed E-state index contributed by atoms with van der Waals surface area (Å²) in [5, 5.41) is 11.7. The molecule has 5 nitrogen and oxygen atoms in total. The van der Waals surface area contributed by atoms with Crippen LogP contribution in [-0.4, -0.2) is 22.7 Å². The number of benzene rings is 3. The Bertz CT molecular complexity index is 1230. The molecule has 3 aromatic carbocycles. The maximum Gasteiger partial charge on any atom is 0.347 e. The molecule has 34 heavy (non-hydrogen) atoms. The first-order valence-electron chi connectivity index (χ1n) is 11.5. The number of rotatable bonds is 8. The molecule has 5 heteroatoms. The fraction of sp³-hybridized carbons (Fsp3) is 0.241. The highest BCUT2D eigenvalue weighted by atomic mass is 16.5. The summed E-state index contributed by atoms with van der Waals surface area (Å²) in [6, 6.07) is 25.0. The molecular formula is C29H31N2O3+. The first-order valence-corrected chi connectivity index (χ1v) is 11.5. The Kier molecular flexibility index (Phi) is 6.94. The van der Waals surface area contributed by atoms with Gasteiger partial charge in [0.25, 0.3) is 5.82 Å². The molecule has 0 bridgehead atoms. The average molecular weight is 456 g/mol. The van der Waals surface area contributed by atoms with Gasteiger partial charge in [0.2, 0.25) is 5.60 Å². The van der Waals surface area contributed by atoms with Crippen LogP contribution in [0.5, 0.6) is 0 Å². The Morgan fingerprint density at radius 2 is 1.53 bits per heavy atom. The van der Waals surface area contributed by atoms with Gasteiger partial charge in [-0.15, -0.1) is 0 Å². The molecule has 0 saturated heterocycles. The summed E-state index contributed by atoms with van der Waals surface area (Å²) < 4.78 is 7.88. The number of esters is 1. The maximum atomic E-state index is 13.4.